The number of likely N-dealkylation sites (tertiary alicyclic amines) is 1. The number of benzene rings is 1. The number of halogens is 3. The zero-order chi connectivity index (χ0) is 25.1. The largest absolute Gasteiger partial charge is 0.417 e. The summed E-state index contributed by atoms with van der Waals surface area (Å²) in [6, 6.07) is 5.09. The zero-order valence-corrected chi connectivity index (χ0v) is 19.6. The van der Waals surface area contributed by atoms with Crippen LogP contribution in [0.2, 0.25) is 0 Å². The van der Waals surface area contributed by atoms with Crippen molar-refractivity contribution in [3.8, 4) is 6.07 Å². The molecule has 8 nitrogen and oxygen atoms in total. The number of rotatable bonds is 5. The fourth-order valence-electron chi connectivity index (χ4n) is 4.92. The van der Waals surface area contributed by atoms with E-state index in [2.05, 4.69) is 5.32 Å². The molecule has 2 aliphatic heterocycles. The number of nitriles is 1. The lowest BCUT2D eigenvalue weighted by atomic mass is 9.70. The smallest absolute Gasteiger partial charge is 0.383 e. The van der Waals surface area contributed by atoms with Gasteiger partial charge in [-0.05, 0) is 31.0 Å². The molecule has 0 radical (unpaired) electrons. The Labute approximate surface area is 197 Å². The number of nitrogens with one attached hydrogen (secondary N) is 1. The number of urea groups is 1. The highest BCUT2D eigenvalue weighted by Gasteiger charge is 2.52. The molecule has 2 aliphatic rings. The highest BCUT2D eigenvalue weighted by Crippen LogP contribution is 2.46. The van der Waals surface area contributed by atoms with Crippen molar-refractivity contribution >= 4 is 17.6 Å². The molecule has 11 heteroatoms. The van der Waals surface area contributed by atoms with Crippen LogP contribution in [-0.4, -0.2) is 82.3 Å². The van der Waals surface area contributed by atoms with Gasteiger partial charge in [0.2, 0.25) is 5.91 Å². The Morgan fingerprint density at radius 2 is 1.97 bits per heavy atom. The Balaban J connectivity index is 1.78. The second kappa shape index (κ2) is 10.1. The lowest BCUT2D eigenvalue weighted by Crippen LogP contribution is -2.48. The molecule has 1 atom stereocenters. The number of methoxy groups -OCH3 is 1. The first-order valence-corrected chi connectivity index (χ1v) is 11.1. The number of carbonyl (C=O) groups excluding carboxylic acids is 2. The van der Waals surface area contributed by atoms with E-state index in [0.717, 1.165) is 6.07 Å². The number of carbonyl (C=O) groups is 2. The van der Waals surface area contributed by atoms with Crippen molar-refractivity contribution in [1.29, 1.82) is 5.26 Å². The SMILES string of the molecule is COCCNC(=O)N1CC(C(=O)N(C)C)C2(CCN(c3ccc(C#N)c(C(F)(F)F)c3)CC2)C1. The predicted molar refractivity (Wildman–Crippen MR) is 119 cm³/mol. The third-order valence-electron chi connectivity index (χ3n) is 6.81. The summed E-state index contributed by atoms with van der Waals surface area (Å²) in [4.78, 5) is 30.7. The second-order valence-electron chi connectivity index (χ2n) is 9.08. The van der Waals surface area contributed by atoms with Crippen molar-refractivity contribution in [3.05, 3.63) is 29.3 Å². The molecule has 34 heavy (non-hydrogen) atoms. The molecule has 1 N–H and O–H groups in total. The van der Waals surface area contributed by atoms with E-state index in [4.69, 9.17) is 10.00 Å². The first-order valence-electron chi connectivity index (χ1n) is 11.1. The summed E-state index contributed by atoms with van der Waals surface area (Å²) in [5.74, 6) is -0.442. The van der Waals surface area contributed by atoms with E-state index in [9.17, 15) is 22.8 Å². The van der Waals surface area contributed by atoms with Gasteiger partial charge in [0.15, 0.2) is 0 Å². The molecule has 0 saturated carbocycles. The Hall–Kier alpha value is -3.00. The summed E-state index contributed by atoms with van der Waals surface area (Å²) in [5, 5.41) is 11.8. The van der Waals surface area contributed by atoms with E-state index >= 15 is 0 Å². The van der Waals surface area contributed by atoms with Crippen molar-refractivity contribution < 1.29 is 27.5 Å². The molecule has 0 aromatic heterocycles. The van der Waals surface area contributed by atoms with Gasteiger partial charge < -0.3 is 24.8 Å². The highest BCUT2D eigenvalue weighted by molar-refractivity contribution is 5.82. The topological polar surface area (TPSA) is 88.9 Å². The van der Waals surface area contributed by atoms with Crippen molar-refractivity contribution in [2.45, 2.75) is 19.0 Å². The molecule has 3 rings (SSSR count). The van der Waals surface area contributed by atoms with Crippen LogP contribution in [-0.2, 0) is 15.7 Å². The molecule has 2 saturated heterocycles. The van der Waals surface area contributed by atoms with E-state index in [1.165, 1.54) is 17.0 Å². The van der Waals surface area contributed by atoms with E-state index in [0.29, 0.717) is 57.9 Å². The standard InChI is InChI=1S/C23H30F3N5O3/c1-29(2)20(32)19-14-31(21(33)28-8-11-34-3)15-22(19)6-9-30(10-7-22)17-5-4-16(13-27)18(12-17)23(24,25)26/h4-5,12,19H,6-11,14-15H2,1-3H3,(H,28,33). The van der Waals surface area contributed by atoms with Crippen LogP contribution in [0, 0.1) is 22.7 Å². The Kier molecular flexibility index (Phi) is 7.60. The Bertz CT molecular complexity index is 952. The molecule has 2 fully saturated rings. The van der Waals surface area contributed by atoms with Gasteiger partial charge in [-0.3, -0.25) is 4.79 Å². The number of piperidine rings is 1. The minimum Gasteiger partial charge on any atom is -0.383 e. The highest BCUT2D eigenvalue weighted by atomic mass is 19.4. The van der Waals surface area contributed by atoms with Gasteiger partial charge in [-0.25, -0.2) is 4.79 Å². The third-order valence-corrected chi connectivity index (χ3v) is 6.81. The minimum atomic E-state index is -4.62. The number of alkyl halides is 3. The molecule has 186 valence electrons. The lowest BCUT2D eigenvalue weighted by Gasteiger charge is -2.43. The molecular weight excluding hydrogens is 451 g/mol. The van der Waals surface area contributed by atoms with Gasteiger partial charge in [0.25, 0.3) is 0 Å². The van der Waals surface area contributed by atoms with Crippen LogP contribution in [0.5, 0.6) is 0 Å². The normalized spacial score (nSPS) is 19.7. The third kappa shape index (κ3) is 5.22. The molecule has 0 aliphatic carbocycles. The van der Waals surface area contributed by atoms with Gasteiger partial charge in [0, 0.05) is 65.0 Å². The van der Waals surface area contributed by atoms with Gasteiger partial charge in [0.05, 0.1) is 29.7 Å². The number of anilines is 1. The van der Waals surface area contributed by atoms with Crippen LogP contribution < -0.4 is 10.2 Å². The quantitative estimate of drug-likeness (QED) is 0.653. The van der Waals surface area contributed by atoms with Gasteiger partial charge in [0.1, 0.15) is 0 Å². The fraction of sp³-hybridized carbons (Fsp3) is 0.609. The fourth-order valence-corrected chi connectivity index (χ4v) is 4.92. The first-order chi connectivity index (χ1) is 16.0. The number of hydrogen-bond acceptors (Lipinski definition) is 5. The number of nitrogens with zero attached hydrogens (tertiary/aromatic N) is 4. The van der Waals surface area contributed by atoms with Crippen LogP contribution >= 0.6 is 0 Å². The van der Waals surface area contributed by atoms with E-state index < -0.39 is 22.7 Å². The Morgan fingerprint density at radius 1 is 1.29 bits per heavy atom. The van der Waals surface area contributed by atoms with E-state index in [-0.39, 0.29) is 17.9 Å². The monoisotopic (exact) mass is 481 g/mol. The van der Waals surface area contributed by atoms with E-state index in [1.54, 1.807) is 32.2 Å². The molecule has 1 spiro atoms. The van der Waals surface area contributed by atoms with Crippen molar-refractivity contribution in [3.63, 3.8) is 0 Å². The maximum atomic E-state index is 13.4. The zero-order valence-electron chi connectivity index (χ0n) is 19.6. The molecule has 1 aromatic rings. The summed E-state index contributed by atoms with van der Waals surface area (Å²) < 4.78 is 45.2. The average Bonchev–Trinajstić information content (AvgIpc) is 3.16. The number of amides is 3. The van der Waals surface area contributed by atoms with E-state index in [1.807, 2.05) is 4.90 Å². The maximum absolute atomic E-state index is 13.4. The summed E-state index contributed by atoms with van der Waals surface area (Å²) in [6.45, 7) is 2.33. The van der Waals surface area contributed by atoms with Crippen LogP contribution in [0.25, 0.3) is 0 Å². The summed E-state index contributed by atoms with van der Waals surface area (Å²) >= 11 is 0. The minimum absolute atomic E-state index is 0.0571. The van der Waals surface area contributed by atoms with Crippen molar-refractivity contribution in [2.24, 2.45) is 11.3 Å². The first kappa shape index (κ1) is 25.6. The molecule has 0 bridgehead atoms. The van der Waals surface area contributed by atoms with Crippen molar-refractivity contribution in [1.82, 2.24) is 15.1 Å². The molecule has 2 heterocycles. The summed E-state index contributed by atoms with van der Waals surface area (Å²) in [5.41, 5.74) is -1.42. The second-order valence-corrected chi connectivity index (χ2v) is 9.08. The van der Waals surface area contributed by atoms with Crippen molar-refractivity contribution in [2.75, 3.05) is 65.4 Å². The lowest BCUT2D eigenvalue weighted by molar-refractivity contribution is -0.138. The Morgan fingerprint density at radius 3 is 2.53 bits per heavy atom. The van der Waals surface area contributed by atoms with Gasteiger partial charge in [-0.2, -0.15) is 18.4 Å². The number of ether oxygens (including phenoxy) is 1. The molecule has 1 unspecified atom stereocenters. The van der Waals surface area contributed by atoms with Crippen LogP contribution in [0.15, 0.2) is 18.2 Å². The molecule has 1 aromatic carbocycles. The summed E-state index contributed by atoms with van der Waals surface area (Å²) in [6.07, 6.45) is -3.51. The van der Waals surface area contributed by atoms with Gasteiger partial charge >= 0.3 is 12.2 Å². The van der Waals surface area contributed by atoms with Gasteiger partial charge in [-0.15, -0.1) is 0 Å². The van der Waals surface area contributed by atoms with Crippen LogP contribution in [0.1, 0.15) is 24.0 Å². The molecular formula is C23H30F3N5O3. The van der Waals surface area contributed by atoms with Gasteiger partial charge in [-0.1, -0.05) is 0 Å². The maximum Gasteiger partial charge on any atom is 0.417 e. The average molecular weight is 482 g/mol. The predicted octanol–water partition coefficient (Wildman–Crippen LogP) is 2.54. The van der Waals surface area contributed by atoms with Crippen LogP contribution in [0.3, 0.4) is 0 Å². The summed E-state index contributed by atoms with van der Waals surface area (Å²) in [7, 11) is 4.91. The molecule has 3 amide bonds. The number of hydrogen-bond donors (Lipinski definition) is 1. The van der Waals surface area contributed by atoms with Crippen LogP contribution in [0.4, 0.5) is 23.7 Å².